The van der Waals surface area contributed by atoms with E-state index < -0.39 is 6.10 Å². The molecule has 102 valence electrons. The number of likely N-dealkylation sites (N-methyl/N-ethyl adjacent to an activating group) is 1. The van der Waals surface area contributed by atoms with Gasteiger partial charge in [-0.1, -0.05) is 25.1 Å². The van der Waals surface area contributed by atoms with E-state index in [1.54, 1.807) is 12.1 Å². The molecule has 0 fully saturated rings. The van der Waals surface area contributed by atoms with Crippen LogP contribution in [0.25, 0.3) is 0 Å². The molecule has 0 bridgehead atoms. The Hall–Kier alpha value is -1.65. The number of hydrogen-bond acceptors (Lipinski definition) is 2. The molecule has 1 aromatic carbocycles. The van der Waals surface area contributed by atoms with Crippen molar-refractivity contribution in [3.8, 4) is 0 Å². The molecule has 1 unspecified atom stereocenters. The van der Waals surface area contributed by atoms with Crippen LogP contribution in [-0.4, -0.2) is 22.8 Å². The number of nitrogens with zero attached hydrogens (tertiary/aromatic N) is 1. The molecule has 0 aliphatic rings. The summed E-state index contributed by atoms with van der Waals surface area (Å²) in [7, 11) is 0. The van der Waals surface area contributed by atoms with E-state index in [0.717, 1.165) is 12.2 Å². The minimum absolute atomic E-state index is 0.219. The van der Waals surface area contributed by atoms with Crippen molar-refractivity contribution >= 4 is 0 Å². The van der Waals surface area contributed by atoms with Crippen molar-refractivity contribution in [1.82, 2.24) is 9.88 Å². The lowest BCUT2D eigenvalue weighted by molar-refractivity contribution is 0.166. The van der Waals surface area contributed by atoms with Gasteiger partial charge in [-0.15, -0.1) is 0 Å². The Bertz CT molecular complexity index is 524. The summed E-state index contributed by atoms with van der Waals surface area (Å²) in [5, 5.41) is 13.2. The number of aliphatic hydroxyl groups excluding tert-OH is 1. The third-order valence-electron chi connectivity index (χ3n) is 3.09. The second-order valence-electron chi connectivity index (χ2n) is 4.48. The first-order chi connectivity index (χ1) is 9.22. The molecule has 2 aromatic rings. The van der Waals surface area contributed by atoms with Gasteiger partial charge in [-0.05, 0) is 24.7 Å². The average molecular weight is 262 g/mol. The van der Waals surface area contributed by atoms with E-state index in [0.29, 0.717) is 18.7 Å². The van der Waals surface area contributed by atoms with Gasteiger partial charge >= 0.3 is 0 Å². The Morgan fingerprint density at radius 1 is 1.26 bits per heavy atom. The zero-order valence-electron chi connectivity index (χ0n) is 11.0. The van der Waals surface area contributed by atoms with Crippen molar-refractivity contribution in [3.05, 3.63) is 59.7 Å². The lowest BCUT2D eigenvalue weighted by Gasteiger charge is -2.15. The molecule has 3 nitrogen and oxygen atoms in total. The van der Waals surface area contributed by atoms with E-state index in [4.69, 9.17) is 0 Å². The number of aromatic nitrogens is 1. The third kappa shape index (κ3) is 3.43. The van der Waals surface area contributed by atoms with Crippen LogP contribution in [0.1, 0.15) is 24.3 Å². The summed E-state index contributed by atoms with van der Waals surface area (Å²) in [6.45, 7) is 3.73. The molecular formula is C15H19FN2O. The summed E-state index contributed by atoms with van der Waals surface area (Å²) in [5.41, 5.74) is 1.42. The van der Waals surface area contributed by atoms with Crippen molar-refractivity contribution < 1.29 is 9.50 Å². The summed E-state index contributed by atoms with van der Waals surface area (Å²) in [5.74, 6) is -0.219. The maximum Gasteiger partial charge on any atom is 0.128 e. The normalized spacial score (nSPS) is 12.6. The molecule has 0 aliphatic carbocycles. The molecule has 0 radical (unpaired) electrons. The Morgan fingerprint density at radius 2 is 2.05 bits per heavy atom. The van der Waals surface area contributed by atoms with Crippen LogP contribution in [-0.2, 0) is 6.54 Å². The molecule has 1 aromatic heterocycles. The van der Waals surface area contributed by atoms with Gasteiger partial charge in [-0.3, -0.25) is 0 Å². The number of hydrogen-bond donors (Lipinski definition) is 2. The van der Waals surface area contributed by atoms with Crippen molar-refractivity contribution in [1.29, 1.82) is 0 Å². The molecule has 0 saturated carbocycles. The summed E-state index contributed by atoms with van der Waals surface area (Å²) in [6.07, 6.45) is 1.28. The first kappa shape index (κ1) is 13.8. The number of benzene rings is 1. The van der Waals surface area contributed by atoms with E-state index in [2.05, 4.69) is 5.32 Å². The van der Waals surface area contributed by atoms with E-state index >= 15 is 0 Å². The predicted octanol–water partition coefficient (Wildman–Crippen LogP) is 2.32. The van der Waals surface area contributed by atoms with Crippen LogP contribution < -0.4 is 5.32 Å². The zero-order chi connectivity index (χ0) is 13.7. The maximum absolute atomic E-state index is 13.6. The molecule has 1 atom stereocenters. The standard InChI is InChI=1S/C15H19FN2O/c1-2-17-10-15(19)14-8-5-9-18(14)11-12-6-3-4-7-13(12)16/h3-9,15,17,19H,2,10-11H2,1H3. The number of nitrogens with one attached hydrogen (secondary N) is 1. The molecule has 0 spiro atoms. The lowest BCUT2D eigenvalue weighted by Crippen LogP contribution is -2.22. The van der Waals surface area contributed by atoms with Crippen LogP contribution in [0.5, 0.6) is 0 Å². The second-order valence-corrected chi connectivity index (χ2v) is 4.48. The largest absolute Gasteiger partial charge is 0.386 e. The Balaban J connectivity index is 2.14. The topological polar surface area (TPSA) is 37.2 Å². The van der Waals surface area contributed by atoms with E-state index in [1.165, 1.54) is 6.07 Å². The molecule has 4 heteroatoms. The predicted molar refractivity (Wildman–Crippen MR) is 73.4 cm³/mol. The van der Waals surface area contributed by atoms with Crippen molar-refractivity contribution in [2.24, 2.45) is 0 Å². The highest BCUT2D eigenvalue weighted by Crippen LogP contribution is 2.16. The number of halogens is 1. The summed E-state index contributed by atoms with van der Waals surface area (Å²) in [4.78, 5) is 0. The molecule has 19 heavy (non-hydrogen) atoms. The van der Waals surface area contributed by atoms with E-state index in [1.807, 2.05) is 35.9 Å². The first-order valence-electron chi connectivity index (χ1n) is 6.49. The molecule has 2 rings (SSSR count). The fraction of sp³-hybridized carbons (Fsp3) is 0.333. The highest BCUT2D eigenvalue weighted by molar-refractivity contribution is 5.20. The maximum atomic E-state index is 13.6. The minimum atomic E-state index is -0.582. The fourth-order valence-corrected chi connectivity index (χ4v) is 2.07. The monoisotopic (exact) mass is 262 g/mol. The fourth-order valence-electron chi connectivity index (χ4n) is 2.07. The van der Waals surface area contributed by atoms with Gasteiger partial charge in [0.1, 0.15) is 11.9 Å². The molecule has 0 amide bonds. The van der Waals surface area contributed by atoms with Crippen LogP contribution in [0.2, 0.25) is 0 Å². The molecule has 0 aliphatic heterocycles. The summed E-state index contributed by atoms with van der Waals surface area (Å²) in [6, 6.07) is 10.4. The van der Waals surface area contributed by atoms with Gasteiger partial charge < -0.3 is 15.0 Å². The number of rotatable bonds is 6. The zero-order valence-corrected chi connectivity index (χ0v) is 11.0. The van der Waals surface area contributed by atoms with Gasteiger partial charge in [-0.25, -0.2) is 4.39 Å². The minimum Gasteiger partial charge on any atom is -0.386 e. The van der Waals surface area contributed by atoms with Crippen molar-refractivity contribution in [2.45, 2.75) is 19.6 Å². The smallest absolute Gasteiger partial charge is 0.128 e. The SMILES string of the molecule is CCNCC(O)c1cccn1Cc1ccccc1F. The van der Waals surface area contributed by atoms with Gasteiger partial charge in [0.2, 0.25) is 0 Å². The molecule has 2 N–H and O–H groups in total. The summed E-state index contributed by atoms with van der Waals surface area (Å²) >= 11 is 0. The summed E-state index contributed by atoms with van der Waals surface area (Å²) < 4.78 is 15.5. The van der Waals surface area contributed by atoms with Crippen molar-refractivity contribution in [2.75, 3.05) is 13.1 Å². The van der Waals surface area contributed by atoms with Crippen LogP contribution in [0.4, 0.5) is 4.39 Å². The van der Waals surface area contributed by atoms with Gasteiger partial charge in [-0.2, -0.15) is 0 Å². The Kier molecular flexibility index (Phi) is 4.71. The quantitative estimate of drug-likeness (QED) is 0.838. The highest BCUT2D eigenvalue weighted by Gasteiger charge is 2.12. The second kappa shape index (κ2) is 6.50. The lowest BCUT2D eigenvalue weighted by atomic mass is 10.2. The third-order valence-corrected chi connectivity index (χ3v) is 3.09. The Morgan fingerprint density at radius 3 is 2.79 bits per heavy atom. The van der Waals surface area contributed by atoms with Crippen LogP contribution in [0, 0.1) is 5.82 Å². The van der Waals surface area contributed by atoms with Gasteiger partial charge in [0.25, 0.3) is 0 Å². The van der Waals surface area contributed by atoms with Gasteiger partial charge in [0.15, 0.2) is 0 Å². The van der Waals surface area contributed by atoms with Gasteiger partial charge in [0.05, 0.1) is 6.54 Å². The Labute approximate surface area is 112 Å². The molecule has 0 saturated heterocycles. The average Bonchev–Trinajstić information content (AvgIpc) is 2.87. The number of aliphatic hydroxyl groups is 1. The molecule has 1 heterocycles. The van der Waals surface area contributed by atoms with E-state index in [9.17, 15) is 9.50 Å². The molecular weight excluding hydrogens is 243 g/mol. The van der Waals surface area contributed by atoms with Crippen LogP contribution in [0.3, 0.4) is 0 Å². The first-order valence-corrected chi connectivity index (χ1v) is 6.49. The van der Waals surface area contributed by atoms with Crippen LogP contribution in [0.15, 0.2) is 42.6 Å². The van der Waals surface area contributed by atoms with E-state index in [-0.39, 0.29) is 5.82 Å². The van der Waals surface area contributed by atoms with Gasteiger partial charge in [0, 0.05) is 24.0 Å². The van der Waals surface area contributed by atoms with Crippen molar-refractivity contribution in [3.63, 3.8) is 0 Å². The highest BCUT2D eigenvalue weighted by atomic mass is 19.1. The van der Waals surface area contributed by atoms with Crippen LogP contribution >= 0.6 is 0 Å².